The molecule has 0 fully saturated rings. The van der Waals surface area contributed by atoms with Crippen LogP contribution in [0, 0.1) is 0 Å². The van der Waals surface area contributed by atoms with E-state index in [4.69, 9.17) is 9.47 Å². The summed E-state index contributed by atoms with van der Waals surface area (Å²) in [4.78, 5) is 0. The topological polar surface area (TPSA) is 18.5 Å². The number of ether oxygens (including phenoxy) is 2. The highest BCUT2D eigenvalue weighted by atomic mass is 19.3. The highest BCUT2D eigenvalue weighted by molar-refractivity contribution is 5.32. The highest BCUT2D eigenvalue weighted by Gasteiger charge is 2.38. The molecule has 0 spiro atoms. The van der Waals surface area contributed by atoms with Crippen LogP contribution in [-0.2, 0) is 25.1 Å². The van der Waals surface area contributed by atoms with Gasteiger partial charge in [0.15, 0.2) is 0 Å². The molecule has 0 saturated carbocycles. The van der Waals surface area contributed by atoms with Gasteiger partial charge in [0, 0.05) is 0 Å². The zero-order valence-electron chi connectivity index (χ0n) is 27.3. The zero-order chi connectivity index (χ0) is 32.4. The molecule has 0 aromatic heterocycles. The van der Waals surface area contributed by atoms with E-state index in [1.54, 1.807) is 24.3 Å². The molecule has 0 heterocycles. The molecule has 0 unspecified atom stereocenters. The Labute approximate surface area is 268 Å². The summed E-state index contributed by atoms with van der Waals surface area (Å²) in [6.07, 6.45) is 12.8. The van der Waals surface area contributed by atoms with Crippen LogP contribution in [0.5, 0.6) is 11.5 Å². The van der Waals surface area contributed by atoms with Crippen LogP contribution in [0.1, 0.15) is 132 Å². The predicted octanol–water partition coefficient (Wildman–Crippen LogP) is 12.9. The summed E-state index contributed by atoms with van der Waals surface area (Å²) in [6, 6.07) is 17.1. The first-order chi connectivity index (χ1) is 21.7. The van der Waals surface area contributed by atoms with Crippen molar-refractivity contribution < 1.29 is 27.0 Å². The molecular weight excluding hydrogens is 576 g/mol. The molecule has 0 aliphatic carbocycles. The Morgan fingerprint density at radius 2 is 0.689 bits per heavy atom. The first-order valence-electron chi connectivity index (χ1n) is 17.2. The van der Waals surface area contributed by atoms with Crippen molar-refractivity contribution in [3.63, 3.8) is 0 Å². The van der Waals surface area contributed by atoms with Crippen molar-refractivity contribution in [1.82, 2.24) is 0 Å². The minimum absolute atomic E-state index is 0.0203. The van der Waals surface area contributed by atoms with E-state index in [0.717, 1.165) is 73.9 Å². The Morgan fingerprint density at radius 3 is 1.00 bits per heavy atom. The van der Waals surface area contributed by atoms with E-state index in [9.17, 15) is 17.6 Å². The number of hydrogen-bond acceptors (Lipinski definition) is 2. The SMILES string of the molecule is CCCCCCCCCCc1ccc(OC(F)(F)c2ccc(C(F)(F)Oc3ccc(CCCCCCCCC)cc3)cc2)cc1. The first kappa shape index (κ1) is 36.4. The number of halogens is 4. The van der Waals surface area contributed by atoms with Crippen LogP contribution in [0.25, 0.3) is 0 Å². The third kappa shape index (κ3) is 13.5. The maximum atomic E-state index is 14.9. The van der Waals surface area contributed by atoms with E-state index in [1.807, 2.05) is 0 Å². The van der Waals surface area contributed by atoms with Crippen molar-refractivity contribution in [3.05, 3.63) is 95.1 Å². The van der Waals surface area contributed by atoms with Crippen LogP contribution in [0.4, 0.5) is 17.6 Å². The van der Waals surface area contributed by atoms with Gasteiger partial charge < -0.3 is 9.47 Å². The van der Waals surface area contributed by atoms with Crippen molar-refractivity contribution in [1.29, 1.82) is 0 Å². The lowest BCUT2D eigenvalue weighted by Gasteiger charge is -2.21. The van der Waals surface area contributed by atoms with Gasteiger partial charge >= 0.3 is 12.2 Å². The van der Waals surface area contributed by atoms with Crippen molar-refractivity contribution in [3.8, 4) is 11.5 Å². The second-order valence-corrected chi connectivity index (χ2v) is 12.2. The van der Waals surface area contributed by atoms with E-state index in [1.165, 1.54) is 94.9 Å². The van der Waals surface area contributed by atoms with Crippen LogP contribution in [0.3, 0.4) is 0 Å². The smallest absolute Gasteiger partial charge is 0.426 e. The summed E-state index contributed by atoms with van der Waals surface area (Å²) in [7, 11) is 0. The molecule has 0 atom stereocenters. The average molecular weight is 629 g/mol. The van der Waals surface area contributed by atoms with Crippen LogP contribution < -0.4 is 9.47 Å². The molecule has 0 saturated heterocycles. The summed E-state index contributed by atoms with van der Waals surface area (Å²) < 4.78 is 69.5. The number of alkyl halides is 4. The van der Waals surface area contributed by atoms with Crippen LogP contribution >= 0.6 is 0 Å². The van der Waals surface area contributed by atoms with Gasteiger partial charge in [-0.05, 0) is 85.3 Å². The lowest BCUT2D eigenvalue weighted by Crippen LogP contribution is -2.24. The van der Waals surface area contributed by atoms with Gasteiger partial charge in [0.25, 0.3) is 0 Å². The fourth-order valence-electron chi connectivity index (χ4n) is 5.47. The number of hydrogen-bond donors (Lipinski definition) is 0. The number of unbranched alkanes of at least 4 members (excludes halogenated alkanes) is 13. The Bertz CT molecular complexity index is 1190. The van der Waals surface area contributed by atoms with Gasteiger partial charge in [0.1, 0.15) is 11.5 Å². The second kappa shape index (κ2) is 19.5. The molecule has 0 amide bonds. The molecule has 0 N–H and O–H groups in total. The number of aryl methyl sites for hydroxylation is 2. The molecule has 0 radical (unpaired) electrons. The van der Waals surface area contributed by atoms with Gasteiger partial charge in [-0.1, -0.05) is 122 Å². The lowest BCUT2D eigenvalue weighted by atomic mass is 10.0. The number of rotatable bonds is 23. The van der Waals surface area contributed by atoms with E-state index in [0.29, 0.717) is 0 Å². The van der Waals surface area contributed by atoms with Crippen molar-refractivity contribution in [2.75, 3.05) is 0 Å². The second-order valence-electron chi connectivity index (χ2n) is 12.2. The van der Waals surface area contributed by atoms with E-state index in [2.05, 4.69) is 13.8 Å². The molecule has 0 aliphatic heterocycles. The molecule has 0 bridgehead atoms. The molecule has 3 aromatic rings. The largest absolute Gasteiger partial charge is 0.429 e. The van der Waals surface area contributed by atoms with Crippen molar-refractivity contribution >= 4 is 0 Å². The molecule has 6 heteroatoms. The monoisotopic (exact) mass is 628 g/mol. The fourth-order valence-corrected chi connectivity index (χ4v) is 5.47. The average Bonchev–Trinajstić information content (AvgIpc) is 3.03. The Hall–Kier alpha value is -3.02. The van der Waals surface area contributed by atoms with Gasteiger partial charge in [0.2, 0.25) is 0 Å². The lowest BCUT2D eigenvalue weighted by molar-refractivity contribution is -0.188. The maximum Gasteiger partial charge on any atom is 0.426 e. The molecule has 2 nitrogen and oxygen atoms in total. The molecule has 3 aromatic carbocycles. The maximum absolute atomic E-state index is 14.9. The fraction of sp³-hybridized carbons (Fsp3) is 0.538. The summed E-state index contributed by atoms with van der Waals surface area (Å²) in [5.41, 5.74) is 1.12. The van der Waals surface area contributed by atoms with Gasteiger partial charge in [-0.2, -0.15) is 17.6 Å². The molecule has 248 valence electrons. The summed E-state index contributed by atoms with van der Waals surface area (Å²) in [6.45, 7) is 4.42. The van der Waals surface area contributed by atoms with Gasteiger partial charge in [-0.15, -0.1) is 0 Å². The Balaban J connectivity index is 1.44. The quantitative estimate of drug-likeness (QED) is 0.0768. The predicted molar refractivity (Wildman–Crippen MR) is 176 cm³/mol. The van der Waals surface area contributed by atoms with Crippen LogP contribution in [0.2, 0.25) is 0 Å². The minimum atomic E-state index is -3.68. The Morgan fingerprint density at radius 1 is 0.400 bits per heavy atom. The summed E-state index contributed by atoms with van der Waals surface area (Å²) in [5, 5.41) is 0. The molecule has 3 rings (SSSR count). The van der Waals surface area contributed by atoms with Gasteiger partial charge in [-0.3, -0.25) is 0 Å². The van der Waals surface area contributed by atoms with Gasteiger partial charge in [0.05, 0.1) is 11.1 Å². The van der Waals surface area contributed by atoms with E-state index < -0.39 is 23.3 Å². The van der Waals surface area contributed by atoms with E-state index in [-0.39, 0.29) is 11.5 Å². The highest BCUT2D eigenvalue weighted by Crippen LogP contribution is 2.36. The number of benzene rings is 3. The Kier molecular flexibility index (Phi) is 15.8. The van der Waals surface area contributed by atoms with Crippen LogP contribution in [0.15, 0.2) is 72.8 Å². The molecular formula is C39H52F4O2. The van der Waals surface area contributed by atoms with Crippen molar-refractivity contribution in [2.24, 2.45) is 0 Å². The normalized spacial score (nSPS) is 12.0. The summed E-state index contributed by atoms with van der Waals surface area (Å²) >= 11 is 0. The van der Waals surface area contributed by atoms with E-state index >= 15 is 0 Å². The minimum Gasteiger partial charge on any atom is -0.429 e. The molecule has 0 aliphatic rings. The third-order valence-electron chi connectivity index (χ3n) is 8.28. The van der Waals surface area contributed by atoms with Gasteiger partial charge in [-0.25, -0.2) is 0 Å². The zero-order valence-corrected chi connectivity index (χ0v) is 27.3. The van der Waals surface area contributed by atoms with Crippen molar-refractivity contribution in [2.45, 2.75) is 135 Å². The molecule has 45 heavy (non-hydrogen) atoms. The standard InChI is InChI=1S/C39H52F4O2/c1-3-5-7-9-11-13-15-17-19-33-22-30-37(31-23-33)45-39(42,43)35-26-24-34(25-27-35)38(40,41)44-36-28-20-32(21-29-36)18-16-14-12-10-8-6-4-2/h20-31H,3-19H2,1-2H3. The van der Waals surface area contributed by atoms with Crippen LogP contribution in [-0.4, -0.2) is 0 Å². The summed E-state index contributed by atoms with van der Waals surface area (Å²) in [5.74, 6) is 0.0414. The first-order valence-corrected chi connectivity index (χ1v) is 17.2. The third-order valence-corrected chi connectivity index (χ3v) is 8.28.